The summed E-state index contributed by atoms with van der Waals surface area (Å²) in [7, 11) is -3.42. The van der Waals surface area contributed by atoms with E-state index in [1.54, 1.807) is 12.1 Å². The second-order valence-electron chi connectivity index (χ2n) is 4.67. The van der Waals surface area contributed by atoms with Gasteiger partial charge in [0.2, 0.25) is 0 Å². The minimum atomic E-state index is -3.42. The second-order valence-corrected chi connectivity index (χ2v) is 7.09. The number of hydrogen-bond acceptors (Lipinski definition) is 3. The van der Waals surface area contributed by atoms with Gasteiger partial charge in [0, 0.05) is 5.02 Å². The molecule has 22 heavy (non-hydrogen) atoms. The molecule has 0 aliphatic heterocycles. The molecule has 5 heteroatoms. The minimum Gasteiger partial charge on any atom is -0.481 e. The average Bonchev–Trinajstić information content (AvgIpc) is 2.49. The Morgan fingerprint density at radius 2 is 1.64 bits per heavy atom. The van der Waals surface area contributed by atoms with Gasteiger partial charge in [-0.25, -0.2) is 8.42 Å². The molecule has 0 saturated heterocycles. The van der Waals surface area contributed by atoms with Gasteiger partial charge in [0.1, 0.15) is 18.1 Å². The van der Waals surface area contributed by atoms with Crippen molar-refractivity contribution in [2.75, 3.05) is 12.4 Å². The number of ether oxygens (including phenoxy) is 1. The van der Waals surface area contributed by atoms with Gasteiger partial charge in [-0.05, 0) is 43.3 Å². The zero-order valence-corrected chi connectivity index (χ0v) is 13.6. The highest BCUT2D eigenvalue weighted by atomic mass is 35.5. The Balaban J connectivity index is 1.90. The molecule has 0 aliphatic carbocycles. The largest absolute Gasteiger partial charge is 0.481 e. The van der Waals surface area contributed by atoms with Crippen LogP contribution in [-0.4, -0.2) is 20.8 Å². The molecular weight excluding hydrogens is 320 g/mol. The highest BCUT2D eigenvalue weighted by Crippen LogP contribution is 2.15. The van der Waals surface area contributed by atoms with E-state index in [4.69, 9.17) is 16.3 Å². The van der Waals surface area contributed by atoms with Crippen molar-refractivity contribution in [2.24, 2.45) is 0 Å². The maximum atomic E-state index is 12.0. The van der Waals surface area contributed by atoms with Crippen LogP contribution in [0, 0.1) is 18.8 Å². The Bertz CT molecular complexity index is 783. The van der Waals surface area contributed by atoms with Crippen LogP contribution >= 0.6 is 11.6 Å². The topological polar surface area (TPSA) is 43.4 Å². The first-order valence-electron chi connectivity index (χ1n) is 6.61. The number of benzene rings is 2. The zero-order valence-electron chi connectivity index (χ0n) is 12.0. The summed E-state index contributed by atoms with van der Waals surface area (Å²) < 4.78 is 29.5. The van der Waals surface area contributed by atoms with Crippen LogP contribution in [0.3, 0.4) is 0 Å². The number of rotatable bonds is 4. The van der Waals surface area contributed by atoms with E-state index in [9.17, 15) is 8.42 Å². The lowest BCUT2D eigenvalue weighted by Gasteiger charge is -2.02. The smallest absolute Gasteiger partial charge is 0.189 e. The molecule has 0 saturated carbocycles. The van der Waals surface area contributed by atoms with Gasteiger partial charge in [0.15, 0.2) is 9.84 Å². The third-order valence-electron chi connectivity index (χ3n) is 2.89. The van der Waals surface area contributed by atoms with E-state index in [0.717, 1.165) is 5.56 Å². The number of sulfone groups is 1. The first-order valence-corrected chi connectivity index (χ1v) is 8.64. The Morgan fingerprint density at radius 3 is 2.27 bits per heavy atom. The summed E-state index contributed by atoms with van der Waals surface area (Å²) in [6.45, 7) is 2.14. The lowest BCUT2D eigenvalue weighted by atomic mass is 10.2. The van der Waals surface area contributed by atoms with Crippen LogP contribution in [0.5, 0.6) is 5.75 Å². The fourth-order valence-electron chi connectivity index (χ4n) is 1.68. The summed E-state index contributed by atoms with van der Waals surface area (Å²) in [5, 5.41) is 0.497. The van der Waals surface area contributed by atoms with Gasteiger partial charge < -0.3 is 4.74 Å². The van der Waals surface area contributed by atoms with Crippen molar-refractivity contribution >= 4 is 21.4 Å². The van der Waals surface area contributed by atoms with Gasteiger partial charge in [0.05, 0.1) is 4.90 Å². The molecule has 114 valence electrons. The van der Waals surface area contributed by atoms with E-state index in [-0.39, 0.29) is 17.3 Å². The lowest BCUT2D eigenvalue weighted by Crippen LogP contribution is -2.05. The molecule has 3 nitrogen and oxygen atoms in total. The molecule has 0 heterocycles. The Kier molecular flexibility index (Phi) is 5.48. The number of halogens is 1. The van der Waals surface area contributed by atoms with E-state index in [2.05, 4.69) is 11.8 Å². The molecule has 2 aromatic rings. The number of hydrogen-bond donors (Lipinski definition) is 0. The summed E-state index contributed by atoms with van der Waals surface area (Å²) >= 11 is 5.74. The molecular formula is C17H15ClO3S. The van der Waals surface area contributed by atoms with Crippen molar-refractivity contribution in [3.63, 3.8) is 0 Å². The molecule has 0 aromatic heterocycles. The van der Waals surface area contributed by atoms with Gasteiger partial charge in [-0.2, -0.15) is 0 Å². The highest BCUT2D eigenvalue weighted by molar-refractivity contribution is 7.91. The molecule has 0 N–H and O–H groups in total. The Morgan fingerprint density at radius 1 is 1.00 bits per heavy atom. The fourth-order valence-corrected chi connectivity index (χ4v) is 2.81. The molecule has 0 amide bonds. The summed E-state index contributed by atoms with van der Waals surface area (Å²) in [4.78, 5) is 0.214. The van der Waals surface area contributed by atoms with Crippen LogP contribution < -0.4 is 4.74 Å². The molecule has 0 spiro atoms. The summed E-state index contributed by atoms with van der Waals surface area (Å²) in [5.41, 5.74) is 1.15. The average molecular weight is 335 g/mol. The van der Waals surface area contributed by atoms with E-state index >= 15 is 0 Å². The maximum Gasteiger partial charge on any atom is 0.189 e. The van der Waals surface area contributed by atoms with E-state index in [1.807, 2.05) is 31.2 Å². The molecule has 0 unspecified atom stereocenters. The Hall–Kier alpha value is -1.96. The normalized spacial score (nSPS) is 10.6. The van der Waals surface area contributed by atoms with Gasteiger partial charge in [-0.3, -0.25) is 0 Å². The van der Waals surface area contributed by atoms with Gasteiger partial charge in [0.25, 0.3) is 0 Å². The minimum absolute atomic E-state index is 0.152. The van der Waals surface area contributed by atoms with Crippen LogP contribution in [0.4, 0.5) is 0 Å². The van der Waals surface area contributed by atoms with E-state index < -0.39 is 9.84 Å². The predicted octanol–water partition coefficient (Wildman–Crippen LogP) is 3.50. The van der Waals surface area contributed by atoms with Crippen molar-refractivity contribution < 1.29 is 13.2 Å². The number of aryl methyl sites for hydroxylation is 1. The molecule has 2 aromatic carbocycles. The predicted molar refractivity (Wildman–Crippen MR) is 88.0 cm³/mol. The van der Waals surface area contributed by atoms with Crippen LogP contribution in [0.1, 0.15) is 5.56 Å². The molecule has 0 bridgehead atoms. The van der Waals surface area contributed by atoms with Crippen molar-refractivity contribution in [1.82, 2.24) is 0 Å². The third-order valence-corrected chi connectivity index (χ3v) is 4.66. The summed E-state index contributed by atoms with van der Waals surface area (Å²) in [5.74, 6) is 5.80. The molecule has 0 aliphatic rings. The van der Waals surface area contributed by atoms with Crippen LogP contribution in [0.25, 0.3) is 0 Å². The first kappa shape index (κ1) is 16.4. The van der Waals surface area contributed by atoms with Gasteiger partial charge in [-0.15, -0.1) is 0 Å². The molecule has 0 atom stereocenters. The van der Waals surface area contributed by atoms with Crippen LogP contribution in [-0.2, 0) is 9.84 Å². The van der Waals surface area contributed by atoms with E-state index in [1.165, 1.54) is 12.1 Å². The van der Waals surface area contributed by atoms with Crippen LogP contribution in [0.15, 0.2) is 53.4 Å². The quantitative estimate of drug-likeness (QED) is 0.804. The van der Waals surface area contributed by atoms with E-state index in [0.29, 0.717) is 10.8 Å². The van der Waals surface area contributed by atoms with Crippen LogP contribution in [0.2, 0.25) is 5.02 Å². The summed E-state index contributed by atoms with van der Waals surface area (Å²) in [6, 6.07) is 13.6. The highest BCUT2D eigenvalue weighted by Gasteiger charge is 2.11. The van der Waals surface area contributed by atoms with Gasteiger partial charge >= 0.3 is 0 Å². The molecule has 0 radical (unpaired) electrons. The van der Waals surface area contributed by atoms with Gasteiger partial charge in [-0.1, -0.05) is 41.1 Å². The SMILES string of the molecule is Cc1ccc(OCC#CCS(=O)(=O)c2ccc(Cl)cc2)cc1. The molecule has 0 fully saturated rings. The van der Waals surface area contributed by atoms with Crippen molar-refractivity contribution in [3.05, 3.63) is 59.1 Å². The zero-order chi connectivity index (χ0) is 16.0. The Labute approximate surface area is 135 Å². The fraction of sp³-hybridized carbons (Fsp3) is 0.176. The third kappa shape index (κ3) is 4.80. The van der Waals surface area contributed by atoms with Crippen molar-refractivity contribution in [1.29, 1.82) is 0 Å². The van der Waals surface area contributed by atoms with Crippen molar-refractivity contribution in [2.45, 2.75) is 11.8 Å². The standard InChI is InChI=1S/C17H15ClO3S/c1-14-4-8-16(9-5-14)21-12-2-3-13-22(19,20)17-10-6-15(18)7-11-17/h4-11H,12-13H2,1H3. The monoisotopic (exact) mass is 334 g/mol. The summed E-state index contributed by atoms with van der Waals surface area (Å²) in [6.07, 6.45) is 0. The molecule has 2 rings (SSSR count). The second kappa shape index (κ2) is 7.35. The maximum absolute atomic E-state index is 12.0. The van der Waals surface area contributed by atoms with Crippen molar-refractivity contribution in [3.8, 4) is 17.6 Å². The lowest BCUT2D eigenvalue weighted by molar-refractivity contribution is 0.370. The first-order chi connectivity index (χ1) is 10.5.